The number of hydrogen-bond donors (Lipinski definition) is 2. The molecular formula is C2H2KMn2NaO12. The zero-order valence-electron chi connectivity index (χ0n) is 8.73. The predicted molar refractivity (Wildman–Crippen MR) is 19.4 cm³/mol. The third kappa shape index (κ3) is 163. The quantitative estimate of drug-likeness (QED) is 0.290. The number of carboxylic acid groups (broad SMARTS) is 2. The summed E-state index contributed by atoms with van der Waals surface area (Å²) in [5.74, 6) is -3.65. The van der Waals surface area contributed by atoms with Gasteiger partial charge in [-0.25, -0.2) is 9.59 Å². The number of rotatable bonds is 0. The molecule has 18 heavy (non-hydrogen) atoms. The summed E-state index contributed by atoms with van der Waals surface area (Å²) in [4.78, 5) is 18.2. The zero-order chi connectivity index (χ0) is 14.2. The Balaban J connectivity index is -0.0000000447. The van der Waals surface area contributed by atoms with Crippen molar-refractivity contribution in [3.05, 3.63) is 0 Å². The Morgan fingerprint density at radius 2 is 0.778 bits per heavy atom. The second kappa shape index (κ2) is 14.7. The fourth-order valence-electron chi connectivity index (χ4n) is 0. The average Bonchev–Trinajstić information content (AvgIpc) is 1.77. The van der Waals surface area contributed by atoms with Crippen LogP contribution in [0.25, 0.3) is 0 Å². The summed E-state index contributed by atoms with van der Waals surface area (Å²) >= 11 is -11.2. The van der Waals surface area contributed by atoms with E-state index in [1.807, 2.05) is 0 Å². The molecule has 0 aromatic carbocycles. The molecule has 0 heterocycles. The molecule has 0 aromatic heterocycles. The van der Waals surface area contributed by atoms with E-state index in [1.165, 1.54) is 0 Å². The van der Waals surface area contributed by atoms with Crippen molar-refractivity contribution in [2.45, 2.75) is 0 Å². The van der Waals surface area contributed by atoms with Gasteiger partial charge in [0.25, 0.3) is 0 Å². The minimum atomic E-state index is -5.62. The molecule has 98 valence electrons. The SMILES string of the molecule is O=C(O)C(=O)O.[K+].[Na+].[O]=[Mn](=[O])(=[O])[O-].[O]=[Mn](=[O])(=[O])[O-]. The van der Waals surface area contributed by atoms with Crippen LogP contribution in [-0.2, 0) is 58.5 Å². The Bertz CT molecular complexity index is 461. The van der Waals surface area contributed by atoms with E-state index in [2.05, 4.69) is 0 Å². The van der Waals surface area contributed by atoms with Crippen LogP contribution in [0, 0.1) is 0 Å². The number of aliphatic carboxylic acids is 2. The first-order valence-electron chi connectivity index (χ1n) is 2.34. The monoisotopic (exact) mass is 390 g/mol. The van der Waals surface area contributed by atoms with E-state index in [9.17, 15) is 0 Å². The van der Waals surface area contributed by atoms with E-state index in [0.717, 1.165) is 0 Å². The Labute approximate surface area is 167 Å². The van der Waals surface area contributed by atoms with E-state index in [1.54, 1.807) is 0 Å². The van der Waals surface area contributed by atoms with Crippen LogP contribution in [-0.4, -0.2) is 22.2 Å². The maximum absolute atomic E-state index is 9.10. The van der Waals surface area contributed by atoms with Gasteiger partial charge in [0.1, 0.15) is 0 Å². The molecule has 0 fully saturated rings. The van der Waals surface area contributed by atoms with Gasteiger partial charge in [-0.2, -0.15) is 0 Å². The molecule has 0 saturated heterocycles. The van der Waals surface area contributed by atoms with Crippen LogP contribution in [0.3, 0.4) is 0 Å². The maximum atomic E-state index is 9.10. The Kier molecular flexibility index (Phi) is 25.9. The standard InChI is InChI=1S/C2H2O4.K.2Mn.Na.8O/c3-1(4)2(5)6;;;;;;;;;;;;/h(H,3,4)(H,5,6);;;;;;;;;;;;/q;+1;;;+1;;;;;;;2*-1. The van der Waals surface area contributed by atoms with Crippen molar-refractivity contribution in [2.75, 3.05) is 0 Å². The van der Waals surface area contributed by atoms with Crippen LogP contribution in [0.4, 0.5) is 0 Å². The molecule has 0 spiro atoms. The number of carbonyl (C=O) groups is 2. The fourth-order valence-corrected chi connectivity index (χ4v) is 0. The Morgan fingerprint density at radius 3 is 0.778 bits per heavy atom. The summed E-state index contributed by atoms with van der Waals surface area (Å²) in [5, 5.41) is 14.8. The average molecular weight is 390 g/mol. The van der Waals surface area contributed by atoms with Gasteiger partial charge in [-0.3, -0.25) is 0 Å². The number of hydrogen-bond acceptors (Lipinski definition) is 10. The van der Waals surface area contributed by atoms with Gasteiger partial charge in [-0.1, -0.05) is 0 Å². The first-order valence-corrected chi connectivity index (χ1v) is 6.20. The van der Waals surface area contributed by atoms with Crippen molar-refractivity contribution in [1.82, 2.24) is 0 Å². The van der Waals surface area contributed by atoms with Gasteiger partial charge < -0.3 is 10.2 Å². The van der Waals surface area contributed by atoms with Crippen molar-refractivity contribution >= 4 is 11.9 Å². The molecule has 0 atom stereocenters. The summed E-state index contributed by atoms with van der Waals surface area (Å²) in [7, 11) is 0. The second-order valence-electron chi connectivity index (χ2n) is 1.37. The minimum absolute atomic E-state index is 0. The van der Waals surface area contributed by atoms with Gasteiger partial charge in [-0.05, 0) is 0 Å². The van der Waals surface area contributed by atoms with Crippen LogP contribution in [0.15, 0.2) is 0 Å². The summed E-state index contributed by atoms with van der Waals surface area (Å²) < 4.78 is 68.6. The normalized spacial score (nSPS) is 8.78. The first-order chi connectivity index (χ1) is 6.64. The molecule has 0 amide bonds. The molecular weight excluding hydrogens is 388 g/mol. The van der Waals surface area contributed by atoms with Crippen molar-refractivity contribution < 1.29 is 158 Å². The van der Waals surface area contributed by atoms with Gasteiger partial charge in [0.15, 0.2) is 0 Å². The second-order valence-corrected chi connectivity index (χ2v) is 3.73. The summed E-state index contributed by atoms with van der Waals surface area (Å²) in [6.45, 7) is 0. The van der Waals surface area contributed by atoms with E-state index in [-0.39, 0.29) is 80.9 Å². The predicted octanol–water partition coefficient (Wildman–Crippen LogP) is -9.93. The molecule has 2 N–H and O–H groups in total. The summed E-state index contributed by atoms with van der Waals surface area (Å²) in [5.41, 5.74) is 0. The molecule has 0 bridgehead atoms. The molecule has 0 aliphatic rings. The molecule has 12 nitrogen and oxygen atoms in total. The molecule has 0 saturated carbocycles. The zero-order valence-corrected chi connectivity index (χ0v) is 16.2. The summed E-state index contributed by atoms with van der Waals surface area (Å²) in [6, 6.07) is 0. The molecule has 0 radical (unpaired) electrons. The van der Waals surface area contributed by atoms with Crippen molar-refractivity contribution in [3.63, 3.8) is 0 Å². The van der Waals surface area contributed by atoms with E-state index < -0.39 is 37.9 Å². The van der Waals surface area contributed by atoms with Crippen LogP contribution in [0.5, 0.6) is 0 Å². The first kappa shape index (κ1) is 31.6. The van der Waals surface area contributed by atoms with E-state index in [0.29, 0.717) is 0 Å². The molecule has 0 aliphatic carbocycles. The van der Waals surface area contributed by atoms with Gasteiger partial charge in [-0.15, -0.1) is 0 Å². The molecule has 0 rings (SSSR count). The van der Waals surface area contributed by atoms with Gasteiger partial charge in [0.05, 0.1) is 0 Å². The Morgan fingerprint density at radius 1 is 0.722 bits per heavy atom. The van der Waals surface area contributed by atoms with Crippen LogP contribution in [0.1, 0.15) is 0 Å². The third-order valence-corrected chi connectivity index (χ3v) is 0.183. The van der Waals surface area contributed by atoms with E-state index >= 15 is 0 Å². The van der Waals surface area contributed by atoms with Gasteiger partial charge in [0, 0.05) is 0 Å². The van der Waals surface area contributed by atoms with Crippen molar-refractivity contribution in [3.8, 4) is 0 Å². The van der Waals surface area contributed by atoms with Crippen LogP contribution >= 0.6 is 0 Å². The topological polar surface area (TPSA) is 223 Å². The van der Waals surface area contributed by atoms with Crippen molar-refractivity contribution in [1.29, 1.82) is 0 Å². The Hall–Kier alpha value is 1.34. The fraction of sp³-hybridized carbons (Fsp3) is 0. The van der Waals surface area contributed by atoms with E-state index in [4.69, 9.17) is 51.2 Å². The van der Waals surface area contributed by atoms with Gasteiger partial charge in [0.2, 0.25) is 0 Å². The molecule has 0 aromatic rings. The van der Waals surface area contributed by atoms with Crippen LogP contribution < -0.4 is 89.3 Å². The van der Waals surface area contributed by atoms with Crippen molar-refractivity contribution in [2.24, 2.45) is 0 Å². The molecule has 0 unspecified atom stereocenters. The third-order valence-electron chi connectivity index (χ3n) is 0.183. The molecule has 16 heteroatoms. The van der Waals surface area contributed by atoms with Gasteiger partial charge >= 0.3 is 150 Å². The number of carboxylic acids is 2. The van der Waals surface area contributed by atoms with Crippen LogP contribution in [0.2, 0.25) is 0 Å². The molecule has 0 aliphatic heterocycles. The summed E-state index contributed by atoms with van der Waals surface area (Å²) in [6.07, 6.45) is 0.